The first-order chi connectivity index (χ1) is 14.9. The summed E-state index contributed by atoms with van der Waals surface area (Å²) in [6.45, 7) is 2.29. The van der Waals surface area contributed by atoms with Crippen molar-refractivity contribution >= 4 is 21.7 Å². The van der Waals surface area contributed by atoms with Gasteiger partial charge in [0.2, 0.25) is 10.0 Å². The third-order valence-corrected chi connectivity index (χ3v) is 6.67. The number of hydrogen-bond donors (Lipinski definition) is 1. The van der Waals surface area contributed by atoms with Gasteiger partial charge in [0.05, 0.1) is 10.9 Å². The molecule has 1 aliphatic heterocycles. The molecule has 4 rings (SSSR count). The van der Waals surface area contributed by atoms with Crippen molar-refractivity contribution in [3.8, 4) is 0 Å². The minimum absolute atomic E-state index is 0.151. The average Bonchev–Trinajstić information content (AvgIpc) is 3.14. The molecule has 1 atom stereocenters. The molecule has 0 unspecified atom stereocenters. The molecule has 0 radical (unpaired) electrons. The van der Waals surface area contributed by atoms with Crippen LogP contribution in [0.5, 0.6) is 0 Å². The van der Waals surface area contributed by atoms with E-state index in [-0.39, 0.29) is 10.8 Å². The molecule has 1 amide bonds. The molecule has 31 heavy (non-hydrogen) atoms. The quantitative estimate of drug-likeness (QED) is 0.615. The van der Waals surface area contributed by atoms with Gasteiger partial charge in [0.15, 0.2) is 0 Å². The van der Waals surface area contributed by atoms with Crippen molar-refractivity contribution in [3.63, 3.8) is 0 Å². The molecule has 0 fully saturated rings. The molecule has 0 spiro atoms. The number of rotatable bonds is 7. The summed E-state index contributed by atoms with van der Waals surface area (Å²) < 4.78 is 28.9. The van der Waals surface area contributed by atoms with E-state index < -0.39 is 16.1 Å². The van der Waals surface area contributed by atoms with Crippen LogP contribution in [0.2, 0.25) is 0 Å². The van der Waals surface area contributed by atoms with Crippen LogP contribution >= 0.6 is 0 Å². The number of sulfonamides is 1. The van der Waals surface area contributed by atoms with Crippen LogP contribution in [-0.4, -0.2) is 25.9 Å². The summed E-state index contributed by atoms with van der Waals surface area (Å²) in [5.74, 6) is 0.428. The van der Waals surface area contributed by atoms with Crippen molar-refractivity contribution in [2.45, 2.75) is 24.3 Å². The number of nitrogens with one attached hydrogen (secondary N) is 1. The SMILES string of the molecule is Cc1ccc(S(=O)(=O)N[C@H](CC2=CC(=O)N(c3ccccn3)C2)c2ccccc2)cc1. The number of aromatic nitrogens is 1. The van der Waals surface area contributed by atoms with Crippen molar-refractivity contribution in [1.82, 2.24) is 9.71 Å². The summed E-state index contributed by atoms with van der Waals surface area (Å²) in [5, 5.41) is 0. The smallest absolute Gasteiger partial charge is 0.252 e. The highest BCUT2D eigenvalue weighted by Crippen LogP contribution is 2.28. The molecule has 0 saturated carbocycles. The standard InChI is InChI=1S/C24H23N3O3S/c1-18-10-12-21(13-11-18)31(29,30)26-22(20-7-3-2-4-8-20)15-19-16-24(28)27(17-19)23-9-5-6-14-25-23/h2-14,16,22,26H,15,17H2,1H3/t22-/m1/s1. The number of aryl methyl sites for hydroxylation is 1. The van der Waals surface area contributed by atoms with Gasteiger partial charge >= 0.3 is 0 Å². The highest BCUT2D eigenvalue weighted by atomic mass is 32.2. The molecule has 1 N–H and O–H groups in total. The number of carbonyl (C=O) groups is 1. The summed E-state index contributed by atoms with van der Waals surface area (Å²) in [7, 11) is -3.73. The molecular formula is C24H23N3O3S. The highest BCUT2D eigenvalue weighted by Gasteiger charge is 2.28. The predicted molar refractivity (Wildman–Crippen MR) is 120 cm³/mol. The Labute approximate surface area is 182 Å². The van der Waals surface area contributed by atoms with Gasteiger partial charge in [0.25, 0.3) is 5.91 Å². The number of amides is 1. The molecule has 7 heteroatoms. The molecule has 0 bridgehead atoms. The second-order valence-electron chi connectivity index (χ2n) is 7.52. The van der Waals surface area contributed by atoms with Gasteiger partial charge in [-0.1, -0.05) is 54.1 Å². The van der Waals surface area contributed by atoms with E-state index in [2.05, 4.69) is 9.71 Å². The Morgan fingerprint density at radius 2 is 1.71 bits per heavy atom. The summed E-state index contributed by atoms with van der Waals surface area (Å²) in [6.07, 6.45) is 3.60. The molecule has 2 aromatic carbocycles. The van der Waals surface area contributed by atoms with Crippen molar-refractivity contribution in [1.29, 1.82) is 0 Å². The molecule has 1 aliphatic rings. The van der Waals surface area contributed by atoms with E-state index in [4.69, 9.17) is 0 Å². The summed E-state index contributed by atoms with van der Waals surface area (Å²) in [4.78, 5) is 18.6. The van der Waals surface area contributed by atoms with Gasteiger partial charge in [0, 0.05) is 18.8 Å². The Morgan fingerprint density at radius 1 is 1.00 bits per heavy atom. The molecule has 0 saturated heterocycles. The third-order valence-electron chi connectivity index (χ3n) is 5.18. The lowest BCUT2D eigenvalue weighted by molar-refractivity contribution is -0.113. The van der Waals surface area contributed by atoms with E-state index in [1.54, 1.807) is 53.6 Å². The van der Waals surface area contributed by atoms with Gasteiger partial charge in [-0.05, 0) is 48.7 Å². The van der Waals surface area contributed by atoms with Crippen LogP contribution in [0.4, 0.5) is 5.82 Å². The number of anilines is 1. The average molecular weight is 434 g/mol. The summed E-state index contributed by atoms with van der Waals surface area (Å²) in [5.41, 5.74) is 2.67. The van der Waals surface area contributed by atoms with E-state index in [0.717, 1.165) is 16.7 Å². The van der Waals surface area contributed by atoms with Crippen molar-refractivity contribution in [3.05, 3.63) is 102 Å². The van der Waals surface area contributed by atoms with Crippen molar-refractivity contribution in [2.75, 3.05) is 11.4 Å². The topological polar surface area (TPSA) is 79.4 Å². The Bertz CT molecular complexity index is 1190. The van der Waals surface area contributed by atoms with Crippen LogP contribution in [-0.2, 0) is 14.8 Å². The van der Waals surface area contributed by atoms with Crippen LogP contribution in [0.15, 0.2) is 95.5 Å². The fourth-order valence-electron chi connectivity index (χ4n) is 3.56. The number of pyridine rings is 1. The van der Waals surface area contributed by atoms with Gasteiger partial charge < -0.3 is 0 Å². The zero-order valence-electron chi connectivity index (χ0n) is 17.1. The van der Waals surface area contributed by atoms with Crippen LogP contribution < -0.4 is 9.62 Å². The molecular weight excluding hydrogens is 410 g/mol. The second kappa shape index (κ2) is 8.83. The molecule has 2 heterocycles. The first kappa shape index (κ1) is 21.0. The predicted octanol–water partition coefficient (Wildman–Crippen LogP) is 3.77. The van der Waals surface area contributed by atoms with Crippen molar-refractivity contribution in [2.24, 2.45) is 0 Å². The Morgan fingerprint density at radius 3 is 2.39 bits per heavy atom. The Balaban J connectivity index is 1.57. The fourth-order valence-corrected chi connectivity index (χ4v) is 4.78. The number of nitrogens with zero attached hydrogens (tertiary/aromatic N) is 2. The minimum atomic E-state index is -3.73. The maximum atomic E-state index is 13.0. The number of carbonyl (C=O) groups excluding carboxylic acids is 1. The first-order valence-electron chi connectivity index (χ1n) is 9.98. The van der Waals surface area contributed by atoms with Crippen LogP contribution in [0.1, 0.15) is 23.6 Å². The van der Waals surface area contributed by atoms with Crippen LogP contribution in [0, 0.1) is 6.92 Å². The first-order valence-corrected chi connectivity index (χ1v) is 11.5. The molecule has 6 nitrogen and oxygen atoms in total. The number of benzene rings is 2. The molecule has 158 valence electrons. The van der Waals surface area contributed by atoms with Crippen LogP contribution in [0.3, 0.4) is 0 Å². The minimum Gasteiger partial charge on any atom is -0.289 e. The maximum Gasteiger partial charge on any atom is 0.252 e. The van der Waals surface area contributed by atoms with Gasteiger partial charge in [-0.2, -0.15) is 0 Å². The maximum absolute atomic E-state index is 13.0. The zero-order chi connectivity index (χ0) is 21.8. The Hall–Kier alpha value is -3.29. The second-order valence-corrected chi connectivity index (χ2v) is 9.23. The summed E-state index contributed by atoms with van der Waals surface area (Å²) >= 11 is 0. The lowest BCUT2D eigenvalue weighted by atomic mass is 10.0. The third kappa shape index (κ3) is 4.90. The molecule has 1 aromatic heterocycles. The van der Waals surface area contributed by atoms with E-state index >= 15 is 0 Å². The van der Waals surface area contributed by atoms with E-state index in [9.17, 15) is 13.2 Å². The van der Waals surface area contributed by atoms with Gasteiger partial charge in [-0.25, -0.2) is 18.1 Å². The Kier molecular flexibility index (Phi) is 5.97. The van der Waals surface area contributed by atoms with E-state index in [1.807, 2.05) is 43.3 Å². The van der Waals surface area contributed by atoms with Gasteiger partial charge in [-0.3, -0.25) is 9.69 Å². The normalized spacial score (nSPS) is 15.1. The van der Waals surface area contributed by atoms with Crippen molar-refractivity contribution < 1.29 is 13.2 Å². The molecule has 3 aromatic rings. The monoisotopic (exact) mass is 433 g/mol. The van der Waals surface area contributed by atoms with Crippen LogP contribution in [0.25, 0.3) is 0 Å². The largest absolute Gasteiger partial charge is 0.289 e. The fraction of sp³-hybridized carbons (Fsp3) is 0.167. The van der Waals surface area contributed by atoms with Gasteiger partial charge in [0.1, 0.15) is 5.82 Å². The number of hydrogen-bond acceptors (Lipinski definition) is 4. The highest BCUT2D eigenvalue weighted by molar-refractivity contribution is 7.89. The van der Waals surface area contributed by atoms with E-state index in [1.165, 1.54) is 0 Å². The zero-order valence-corrected chi connectivity index (χ0v) is 17.9. The summed E-state index contributed by atoms with van der Waals surface area (Å²) in [6, 6.07) is 21.0. The lowest BCUT2D eigenvalue weighted by Crippen LogP contribution is -2.30. The lowest BCUT2D eigenvalue weighted by Gasteiger charge is -2.21. The van der Waals surface area contributed by atoms with Gasteiger partial charge in [-0.15, -0.1) is 0 Å². The van der Waals surface area contributed by atoms with E-state index in [0.29, 0.717) is 18.8 Å². The molecule has 0 aliphatic carbocycles.